The monoisotopic (exact) mass is 459 g/mol. The smallest absolute Gasteiger partial charge is 0.341 e. The van der Waals surface area contributed by atoms with Crippen molar-refractivity contribution in [2.45, 2.75) is 31.8 Å². The van der Waals surface area contributed by atoms with Gasteiger partial charge >= 0.3 is 11.7 Å². The number of hydrogen-bond donors (Lipinski definition) is 1. The molecule has 11 heteroatoms. The molecule has 0 saturated heterocycles. The van der Waals surface area contributed by atoms with E-state index in [2.05, 4.69) is 0 Å². The molecule has 9 nitrogen and oxygen atoms in total. The standard InChI is InChI=1S/C21H18FN3O6S/c1-31-20-17-14(19(26)12(21(27)28)9-24(17)11-2-3-11)16(25(29)30)15(22)18(20)23-6-4-13-10(8-23)5-7-32-13/h5,7,9,11H,2-4,6,8H2,1H3,(H,27,28). The van der Waals surface area contributed by atoms with Crippen LogP contribution in [0.2, 0.25) is 0 Å². The van der Waals surface area contributed by atoms with Gasteiger partial charge in [-0.2, -0.15) is 4.39 Å². The van der Waals surface area contributed by atoms with E-state index in [4.69, 9.17) is 4.74 Å². The molecule has 2 aliphatic rings. The maximum Gasteiger partial charge on any atom is 0.341 e. The van der Waals surface area contributed by atoms with Crippen LogP contribution in [-0.4, -0.2) is 34.2 Å². The lowest BCUT2D eigenvalue weighted by Crippen LogP contribution is -2.31. The molecule has 1 aromatic carbocycles. The number of methoxy groups -OCH3 is 1. The van der Waals surface area contributed by atoms with Crippen LogP contribution < -0.4 is 15.1 Å². The molecule has 0 spiro atoms. The third-order valence-corrected chi connectivity index (χ3v) is 7.02. The Kier molecular flexibility index (Phi) is 4.66. The number of nitro groups is 1. The number of halogens is 1. The minimum Gasteiger partial charge on any atom is -0.492 e. The molecule has 32 heavy (non-hydrogen) atoms. The number of carboxylic acid groups (broad SMARTS) is 1. The Morgan fingerprint density at radius 2 is 2.16 bits per heavy atom. The van der Waals surface area contributed by atoms with Crippen LogP contribution in [0.4, 0.5) is 15.8 Å². The number of benzene rings is 1. The summed E-state index contributed by atoms with van der Waals surface area (Å²) < 4.78 is 22.9. The van der Waals surface area contributed by atoms with Crippen LogP contribution in [0.1, 0.15) is 39.7 Å². The number of carboxylic acids is 1. The minimum atomic E-state index is -1.52. The number of aromatic nitrogens is 1. The summed E-state index contributed by atoms with van der Waals surface area (Å²) in [4.78, 5) is 38.5. The number of nitro benzene ring substituents is 1. The van der Waals surface area contributed by atoms with Crippen molar-refractivity contribution < 1.29 is 24.0 Å². The Hall–Kier alpha value is -3.47. The molecule has 5 rings (SSSR count). The average molecular weight is 459 g/mol. The first-order chi connectivity index (χ1) is 15.3. The Bertz CT molecular complexity index is 1360. The van der Waals surface area contributed by atoms with Gasteiger partial charge in [0.1, 0.15) is 22.2 Å². The lowest BCUT2D eigenvalue weighted by atomic mass is 10.0. The van der Waals surface area contributed by atoms with Crippen LogP contribution in [0, 0.1) is 15.9 Å². The van der Waals surface area contributed by atoms with Crippen molar-refractivity contribution in [1.82, 2.24) is 4.57 Å². The molecule has 2 aromatic heterocycles. The largest absolute Gasteiger partial charge is 0.492 e. The fourth-order valence-electron chi connectivity index (χ4n) is 4.40. The van der Waals surface area contributed by atoms with Crippen molar-refractivity contribution in [3.05, 3.63) is 59.8 Å². The second-order valence-corrected chi connectivity index (χ2v) is 8.88. The van der Waals surface area contributed by atoms with E-state index in [1.165, 1.54) is 22.8 Å². The van der Waals surface area contributed by atoms with E-state index in [-0.39, 0.29) is 23.0 Å². The summed E-state index contributed by atoms with van der Waals surface area (Å²) in [7, 11) is 1.32. The van der Waals surface area contributed by atoms with Gasteiger partial charge in [0.05, 0.1) is 12.0 Å². The molecule has 0 amide bonds. The van der Waals surface area contributed by atoms with Crippen molar-refractivity contribution >= 4 is 39.6 Å². The second-order valence-electron chi connectivity index (χ2n) is 7.88. The Balaban J connectivity index is 1.89. The lowest BCUT2D eigenvalue weighted by Gasteiger charge is -2.31. The molecule has 3 heterocycles. The van der Waals surface area contributed by atoms with Crippen LogP contribution in [0.15, 0.2) is 22.4 Å². The Morgan fingerprint density at radius 1 is 1.41 bits per heavy atom. The number of rotatable bonds is 5. The van der Waals surface area contributed by atoms with E-state index in [1.807, 2.05) is 11.4 Å². The van der Waals surface area contributed by atoms with Crippen molar-refractivity contribution in [2.75, 3.05) is 18.6 Å². The maximum absolute atomic E-state index is 15.8. The molecule has 3 aromatic rings. The summed E-state index contributed by atoms with van der Waals surface area (Å²) in [6, 6.07) is 1.79. The van der Waals surface area contributed by atoms with Crippen LogP contribution in [-0.2, 0) is 13.0 Å². The van der Waals surface area contributed by atoms with Crippen LogP contribution in [0.25, 0.3) is 10.9 Å². The first-order valence-electron chi connectivity index (χ1n) is 9.99. The van der Waals surface area contributed by atoms with Crippen molar-refractivity contribution in [3.63, 3.8) is 0 Å². The summed E-state index contributed by atoms with van der Waals surface area (Å²) >= 11 is 1.61. The summed E-state index contributed by atoms with van der Waals surface area (Å²) in [5.41, 5.74) is -1.77. The predicted octanol–water partition coefficient (Wildman–Crippen LogP) is 3.71. The molecular formula is C21H18FN3O6S. The molecule has 0 atom stereocenters. The number of hydrogen-bond acceptors (Lipinski definition) is 7. The number of aromatic carboxylic acids is 1. The van der Waals surface area contributed by atoms with Gasteiger partial charge in [-0.15, -0.1) is 11.3 Å². The van der Waals surface area contributed by atoms with Gasteiger partial charge in [-0.1, -0.05) is 0 Å². The number of fused-ring (bicyclic) bond motifs is 2. The van der Waals surface area contributed by atoms with Crippen LogP contribution >= 0.6 is 11.3 Å². The highest BCUT2D eigenvalue weighted by atomic mass is 32.1. The lowest BCUT2D eigenvalue weighted by molar-refractivity contribution is -0.385. The first-order valence-corrected chi connectivity index (χ1v) is 10.9. The zero-order valence-corrected chi connectivity index (χ0v) is 17.8. The molecule has 166 valence electrons. The van der Waals surface area contributed by atoms with E-state index >= 15 is 4.39 Å². The summed E-state index contributed by atoms with van der Waals surface area (Å²) in [6.45, 7) is 0.764. The number of carbonyl (C=O) groups is 1. The Morgan fingerprint density at radius 3 is 2.78 bits per heavy atom. The van der Waals surface area contributed by atoms with Gasteiger partial charge in [0, 0.05) is 30.2 Å². The van der Waals surface area contributed by atoms with Crippen molar-refractivity contribution in [2.24, 2.45) is 0 Å². The topological polar surface area (TPSA) is 115 Å². The molecule has 0 radical (unpaired) electrons. The molecule has 1 fully saturated rings. The highest BCUT2D eigenvalue weighted by molar-refractivity contribution is 7.10. The van der Waals surface area contributed by atoms with Crippen molar-refractivity contribution in [3.8, 4) is 5.75 Å². The summed E-state index contributed by atoms with van der Waals surface area (Å²) in [6.07, 6.45) is 3.26. The fraction of sp³-hybridized carbons (Fsp3) is 0.333. The highest BCUT2D eigenvalue weighted by Gasteiger charge is 2.38. The number of thiophene rings is 1. The van der Waals surface area contributed by atoms with Crippen LogP contribution in [0.3, 0.4) is 0 Å². The molecule has 1 N–H and O–H groups in total. The van der Waals surface area contributed by atoms with Gasteiger partial charge in [0.15, 0.2) is 5.75 Å². The third-order valence-electron chi connectivity index (χ3n) is 6.00. The quantitative estimate of drug-likeness (QED) is 0.457. The first kappa shape index (κ1) is 20.4. The van der Waals surface area contributed by atoms with Gasteiger partial charge in [0.25, 0.3) is 0 Å². The fourth-order valence-corrected chi connectivity index (χ4v) is 5.29. The molecule has 1 aliphatic carbocycles. The number of nitrogens with zero attached hydrogens (tertiary/aromatic N) is 3. The van der Waals surface area contributed by atoms with Crippen molar-refractivity contribution in [1.29, 1.82) is 0 Å². The SMILES string of the molecule is COc1c(N2CCc3sccc3C2)c(F)c([N+](=O)[O-])c2c(=O)c(C(=O)O)cn(C3CC3)c12. The molecule has 1 aliphatic heterocycles. The van der Waals surface area contributed by atoms with Gasteiger partial charge in [-0.05, 0) is 36.3 Å². The molecular weight excluding hydrogens is 441 g/mol. The molecule has 0 unspecified atom stereocenters. The predicted molar refractivity (Wildman–Crippen MR) is 116 cm³/mol. The van der Waals surface area contributed by atoms with Gasteiger partial charge < -0.3 is 19.3 Å². The number of anilines is 1. The van der Waals surface area contributed by atoms with Crippen LogP contribution in [0.5, 0.6) is 5.75 Å². The maximum atomic E-state index is 15.8. The van der Waals surface area contributed by atoms with E-state index in [0.717, 1.165) is 5.56 Å². The van der Waals surface area contributed by atoms with E-state index in [0.29, 0.717) is 32.4 Å². The van der Waals surface area contributed by atoms with E-state index in [9.17, 15) is 24.8 Å². The highest BCUT2D eigenvalue weighted by Crippen LogP contribution is 2.48. The Labute approximate surface area is 184 Å². The number of pyridine rings is 1. The molecule has 1 saturated carbocycles. The molecule has 0 bridgehead atoms. The van der Waals surface area contributed by atoms with Gasteiger partial charge in [-0.3, -0.25) is 14.9 Å². The normalized spacial score (nSPS) is 15.6. The average Bonchev–Trinajstić information content (AvgIpc) is 3.49. The second kappa shape index (κ2) is 7.30. The van der Waals surface area contributed by atoms with E-state index in [1.54, 1.807) is 16.2 Å². The zero-order chi connectivity index (χ0) is 22.7. The summed E-state index contributed by atoms with van der Waals surface area (Å²) in [5.74, 6) is -2.71. The zero-order valence-electron chi connectivity index (χ0n) is 17.0. The van der Waals surface area contributed by atoms with Gasteiger partial charge in [0.2, 0.25) is 11.2 Å². The third kappa shape index (κ3) is 2.95. The minimum absolute atomic E-state index is 0.00252. The summed E-state index contributed by atoms with van der Waals surface area (Å²) in [5, 5.41) is 22.8. The number of ether oxygens (including phenoxy) is 1. The van der Waals surface area contributed by atoms with E-state index < -0.39 is 38.8 Å². The van der Waals surface area contributed by atoms with Gasteiger partial charge in [-0.25, -0.2) is 4.79 Å².